The number of hydrazine groups is 1. The number of nitrogens with two attached hydrogens (primary N) is 1. The molecule has 0 aromatic carbocycles. The topological polar surface area (TPSA) is 122 Å². The average Bonchev–Trinajstić information content (AvgIpc) is 2.02. The fourth-order valence-electron chi connectivity index (χ4n) is 0.625. The summed E-state index contributed by atoms with van der Waals surface area (Å²) in [7, 11) is 0. The Morgan fingerprint density at radius 2 is 2.15 bits per heavy atom. The number of amides is 1. The van der Waals surface area contributed by atoms with Gasteiger partial charge in [-0.3, -0.25) is 9.59 Å². The molecule has 0 bridgehead atoms. The first-order chi connectivity index (χ1) is 6.07. The SMILES string of the molecule is NC(=O)C[C@H](NNCC=O)C(=O)O. The number of primary amides is 1. The van der Waals surface area contributed by atoms with Crippen LogP contribution in [0.2, 0.25) is 0 Å². The first-order valence-electron chi connectivity index (χ1n) is 3.51. The molecule has 7 heteroatoms. The Balaban J connectivity index is 3.87. The number of aldehydes is 1. The maximum Gasteiger partial charge on any atom is 0.322 e. The molecule has 0 saturated carbocycles. The molecule has 0 fully saturated rings. The fourth-order valence-corrected chi connectivity index (χ4v) is 0.625. The van der Waals surface area contributed by atoms with Gasteiger partial charge in [-0.1, -0.05) is 0 Å². The van der Waals surface area contributed by atoms with Gasteiger partial charge in [-0.25, -0.2) is 10.9 Å². The highest BCUT2D eigenvalue weighted by Gasteiger charge is 2.18. The molecule has 0 aliphatic carbocycles. The number of nitrogens with one attached hydrogen (secondary N) is 2. The van der Waals surface area contributed by atoms with E-state index in [0.717, 1.165) is 0 Å². The van der Waals surface area contributed by atoms with E-state index in [9.17, 15) is 14.4 Å². The number of hydrogen-bond donors (Lipinski definition) is 4. The Bertz CT molecular complexity index is 206. The van der Waals surface area contributed by atoms with E-state index in [1.54, 1.807) is 0 Å². The molecule has 0 unspecified atom stereocenters. The number of carboxylic acid groups (broad SMARTS) is 1. The molecule has 0 saturated heterocycles. The molecular formula is C6H11N3O4. The molecule has 0 heterocycles. The second kappa shape index (κ2) is 6.09. The van der Waals surface area contributed by atoms with Crippen molar-refractivity contribution in [1.82, 2.24) is 10.9 Å². The largest absolute Gasteiger partial charge is 0.480 e. The zero-order valence-corrected chi connectivity index (χ0v) is 6.82. The molecule has 5 N–H and O–H groups in total. The van der Waals surface area contributed by atoms with Crippen LogP contribution >= 0.6 is 0 Å². The number of carbonyl (C=O) groups is 3. The molecule has 13 heavy (non-hydrogen) atoms. The lowest BCUT2D eigenvalue weighted by Crippen LogP contribution is -2.47. The van der Waals surface area contributed by atoms with Gasteiger partial charge in [-0.2, -0.15) is 0 Å². The maximum absolute atomic E-state index is 10.4. The van der Waals surface area contributed by atoms with Gasteiger partial charge in [-0.05, 0) is 0 Å². The zero-order chi connectivity index (χ0) is 10.3. The normalized spacial score (nSPS) is 12.0. The van der Waals surface area contributed by atoms with Crippen molar-refractivity contribution >= 4 is 18.2 Å². The Morgan fingerprint density at radius 1 is 1.54 bits per heavy atom. The van der Waals surface area contributed by atoms with E-state index in [-0.39, 0.29) is 13.0 Å². The number of carboxylic acids is 1. The first kappa shape index (κ1) is 11.5. The third-order valence-corrected chi connectivity index (χ3v) is 1.17. The van der Waals surface area contributed by atoms with Crippen molar-refractivity contribution in [2.24, 2.45) is 5.73 Å². The molecular weight excluding hydrogens is 178 g/mol. The summed E-state index contributed by atoms with van der Waals surface area (Å²) in [6, 6.07) is -1.11. The highest BCUT2D eigenvalue weighted by molar-refractivity contribution is 5.83. The van der Waals surface area contributed by atoms with E-state index in [1.165, 1.54) is 0 Å². The highest BCUT2D eigenvalue weighted by Crippen LogP contribution is 1.88. The van der Waals surface area contributed by atoms with Gasteiger partial charge in [0.2, 0.25) is 5.91 Å². The highest BCUT2D eigenvalue weighted by atomic mass is 16.4. The van der Waals surface area contributed by atoms with Gasteiger partial charge in [0.05, 0.1) is 13.0 Å². The van der Waals surface area contributed by atoms with E-state index in [1.807, 2.05) is 0 Å². The van der Waals surface area contributed by atoms with Gasteiger partial charge < -0.3 is 15.6 Å². The second-order valence-corrected chi connectivity index (χ2v) is 2.25. The minimum absolute atomic E-state index is 0.0391. The van der Waals surface area contributed by atoms with Crippen LogP contribution in [0.25, 0.3) is 0 Å². The number of aliphatic carboxylic acids is 1. The summed E-state index contributed by atoms with van der Waals surface area (Å²) in [5.41, 5.74) is 9.38. The fraction of sp³-hybridized carbons (Fsp3) is 0.500. The predicted octanol–water partition coefficient (Wildman–Crippen LogP) is -2.39. The minimum atomic E-state index is -1.21. The van der Waals surface area contributed by atoms with Gasteiger partial charge >= 0.3 is 5.97 Å². The van der Waals surface area contributed by atoms with Gasteiger partial charge in [0.25, 0.3) is 0 Å². The van der Waals surface area contributed by atoms with Crippen LogP contribution in [0.3, 0.4) is 0 Å². The first-order valence-corrected chi connectivity index (χ1v) is 3.51. The molecule has 0 rings (SSSR count). The van der Waals surface area contributed by atoms with Gasteiger partial charge in [0, 0.05) is 0 Å². The van der Waals surface area contributed by atoms with Crippen molar-refractivity contribution in [3.8, 4) is 0 Å². The van der Waals surface area contributed by atoms with Crippen LogP contribution in [0.4, 0.5) is 0 Å². The molecule has 1 amide bonds. The summed E-state index contributed by atoms with van der Waals surface area (Å²) < 4.78 is 0. The third-order valence-electron chi connectivity index (χ3n) is 1.17. The van der Waals surface area contributed by atoms with Gasteiger partial charge in [0.1, 0.15) is 12.3 Å². The molecule has 0 aliphatic heterocycles. The molecule has 1 atom stereocenters. The Kier molecular flexibility index (Phi) is 5.40. The number of carbonyl (C=O) groups excluding carboxylic acids is 2. The minimum Gasteiger partial charge on any atom is -0.480 e. The quantitative estimate of drug-likeness (QED) is 0.201. The number of hydrogen-bond acceptors (Lipinski definition) is 5. The lowest BCUT2D eigenvalue weighted by molar-refractivity contribution is -0.141. The van der Waals surface area contributed by atoms with E-state index < -0.39 is 17.9 Å². The summed E-state index contributed by atoms with van der Waals surface area (Å²) >= 11 is 0. The summed E-state index contributed by atoms with van der Waals surface area (Å²) in [6.07, 6.45) is 0.220. The monoisotopic (exact) mass is 189 g/mol. The smallest absolute Gasteiger partial charge is 0.322 e. The van der Waals surface area contributed by atoms with Crippen molar-refractivity contribution in [2.45, 2.75) is 12.5 Å². The maximum atomic E-state index is 10.4. The third kappa shape index (κ3) is 5.76. The van der Waals surface area contributed by atoms with Crippen LogP contribution in [-0.2, 0) is 14.4 Å². The molecule has 7 nitrogen and oxygen atoms in total. The van der Waals surface area contributed by atoms with Crippen LogP contribution < -0.4 is 16.6 Å². The predicted molar refractivity (Wildman–Crippen MR) is 42.4 cm³/mol. The van der Waals surface area contributed by atoms with E-state index in [4.69, 9.17) is 10.8 Å². The second-order valence-electron chi connectivity index (χ2n) is 2.25. The summed E-state index contributed by atoms with van der Waals surface area (Å²) in [5.74, 6) is -1.94. The average molecular weight is 189 g/mol. The lowest BCUT2D eigenvalue weighted by atomic mass is 10.2. The lowest BCUT2D eigenvalue weighted by Gasteiger charge is -2.11. The molecule has 0 spiro atoms. The van der Waals surface area contributed by atoms with Crippen LogP contribution in [0.5, 0.6) is 0 Å². The van der Waals surface area contributed by atoms with Crippen molar-refractivity contribution in [3.63, 3.8) is 0 Å². The van der Waals surface area contributed by atoms with Gasteiger partial charge in [0.15, 0.2) is 0 Å². The van der Waals surface area contributed by atoms with Crippen molar-refractivity contribution in [1.29, 1.82) is 0 Å². The van der Waals surface area contributed by atoms with Crippen molar-refractivity contribution in [2.75, 3.05) is 6.54 Å². The van der Waals surface area contributed by atoms with Crippen LogP contribution in [0, 0.1) is 0 Å². The van der Waals surface area contributed by atoms with E-state index in [0.29, 0.717) is 6.29 Å². The van der Waals surface area contributed by atoms with Crippen molar-refractivity contribution in [3.05, 3.63) is 0 Å². The van der Waals surface area contributed by atoms with Crippen LogP contribution in [-0.4, -0.2) is 35.9 Å². The van der Waals surface area contributed by atoms with Crippen molar-refractivity contribution < 1.29 is 19.5 Å². The molecule has 0 aromatic rings. The van der Waals surface area contributed by atoms with Gasteiger partial charge in [-0.15, -0.1) is 0 Å². The van der Waals surface area contributed by atoms with Crippen LogP contribution in [0.1, 0.15) is 6.42 Å². The van der Waals surface area contributed by atoms with E-state index in [2.05, 4.69) is 10.9 Å². The standard InChI is InChI=1S/C6H11N3O4/c7-5(11)3-4(6(12)13)9-8-1-2-10/h2,4,8-9H,1,3H2,(H2,7,11)(H,12,13)/t4-/m0/s1. The Hall–Kier alpha value is -1.47. The van der Waals surface area contributed by atoms with E-state index >= 15 is 0 Å². The zero-order valence-electron chi connectivity index (χ0n) is 6.82. The Labute approximate surface area is 74.3 Å². The van der Waals surface area contributed by atoms with Crippen LogP contribution in [0.15, 0.2) is 0 Å². The summed E-state index contributed by atoms with van der Waals surface area (Å²) in [5, 5.41) is 8.52. The molecule has 0 aromatic heterocycles. The Morgan fingerprint density at radius 3 is 2.54 bits per heavy atom. The molecule has 0 radical (unpaired) electrons. The summed E-state index contributed by atoms with van der Waals surface area (Å²) in [4.78, 5) is 30.6. The summed E-state index contributed by atoms with van der Waals surface area (Å²) in [6.45, 7) is -0.0391. The number of rotatable bonds is 7. The molecule has 74 valence electrons. The molecule has 0 aliphatic rings.